The van der Waals surface area contributed by atoms with Gasteiger partial charge in [0.2, 0.25) is 0 Å². The second-order valence-corrected chi connectivity index (χ2v) is 11.0. The zero-order chi connectivity index (χ0) is 18.7. The molecule has 0 radical (unpaired) electrons. The van der Waals surface area contributed by atoms with E-state index in [-0.39, 0.29) is 0 Å². The van der Waals surface area contributed by atoms with Crippen LogP contribution in [-0.4, -0.2) is 11.9 Å². The molecule has 1 aromatic heterocycles. The molecular weight excluding hydrogens is 368 g/mol. The molecule has 4 heteroatoms. The predicted molar refractivity (Wildman–Crippen MR) is 106 cm³/mol. The van der Waals surface area contributed by atoms with Gasteiger partial charge in [-0.05, 0) is 114 Å². The van der Waals surface area contributed by atoms with E-state index >= 15 is 0 Å². The van der Waals surface area contributed by atoms with Gasteiger partial charge in [-0.15, -0.1) is 11.3 Å². The molecule has 8 bridgehead atoms. The minimum atomic E-state index is -0.535. The molecule has 28 heavy (non-hydrogen) atoms. The van der Waals surface area contributed by atoms with Crippen molar-refractivity contribution >= 4 is 34.4 Å². The summed E-state index contributed by atoms with van der Waals surface area (Å²) in [6.45, 7) is 1.98. The highest BCUT2D eigenvalue weighted by Gasteiger charge is 2.65. The zero-order valence-corrected chi connectivity index (χ0v) is 16.8. The van der Waals surface area contributed by atoms with Gasteiger partial charge < -0.3 is 4.74 Å². The maximum atomic E-state index is 12.1. The number of hydrogen-bond donors (Lipinski definition) is 0. The van der Waals surface area contributed by atoms with Crippen molar-refractivity contribution < 1.29 is 14.3 Å². The Morgan fingerprint density at radius 2 is 1.68 bits per heavy atom. The van der Waals surface area contributed by atoms with Gasteiger partial charge >= 0.3 is 11.9 Å². The molecule has 1 aliphatic heterocycles. The molecule has 8 aliphatic rings. The molecule has 8 atom stereocenters. The second-order valence-electron chi connectivity index (χ2n) is 10.1. The summed E-state index contributed by atoms with van der Waals surface area (Å²) in [5.41, 5.74) is 3.07. The number of cyclic esters (lactones) is 2. The molecule has 0 aromatic carbocycles. The summed E-state index contributed by atoms with van der Waals surface area (Å²) < 4.78 is 6.16. The number of hydrogen-bond acceptors (Lipinski definition) is 4. The lowest BCUT2D eigenvalue weighted by Crippen LogP contribution is -2.63. The van der Waals surface area contributed by atoms with Crippen molar-refractivity contribution in [2.45, 2.75) is 39.0 Å². The van der Waals surface area contributed by atoms with Crippen LogP contribution in [0.3, 0.4) is 0 Å². The van der Waals surface area contributed by atoms with E-state index in [1.807, 2.05) is 18.3 Å². The first kappa shape index (κ1) is 16.2. The fraction of sp³-hybridized carbons (Fsp3) is 0.583. The molecule has 7 fully saturated rings. The van der Waals surface area contributed by atoms with E-state index in [2.05, 4.69) is 11.4 Å². The summed E-state index contributed by atoms with van der Waals surface area (Å²) in [6, 6.07) is 2.15. The van der Waals surface area contributed by atoms with E-state index in [0.29, 0.717) is 5.57 Å². The molecular formula is C24H24O3S. The smallest absolute Gasteiger partial charge is 0.346 e. The fourth-order valence-electron chi connectivity index (χ4n) is 8.60. The number of carbonyl (C=O) groups excluding carboxylic acids is 2. The van der Waals surface area contributed by atoms with Crippen LogP contribution in [0, 0.1) is 47.3 Å². The lowest BCUT2D eigenvalue weighted by molar-refractivity contribution is -0.163. The molecule has 7 saturated carbocycles. The summed E-state index contributed by atoms with van der Waals surface area (Å²) in [6.07, 6.45) is 8.61. The lowest BCUT2D eigenvalue weighted by Gasteiger charge is -2.70. The summed E-state index contributed by atoms with van der Waals surface area (Å²) in [4.78, 5) is 23.7. The number of carbonyl (C=O) groups is 2. The van der Waals surface area contributed by atoms with E-state index in [9.17, 15) is 9.59 Å². The Bertz CT molecular complexity index is 1070. The minimum Gasteiger partial charge on any atom is -0.386 e. The van der Waals surface area contributed by atoms with E-state index in [1.165, 1.54) is 42.7 Å². The predicted octanol–water partition coefficient (Wildman–Crippen LogP) is 3.03. The third-order valence-electron chi connectivity index (χ3n) is 9.26. The van der Waals surface area contributed by atoms with Gasteiger partial charge in [0.05, 0.1) is 5.57 Å². The Morgan fingerprint density at radius 3 is 2.36 bits per heavy atom. The van der Waals surface area contributed by atoms with Gasteiger partial charge in [-0.3, -0.25) is 0 Å². The molecule has 0 N–H and O–H groups in total. The third kappa shape index (κ3) is 1.86. The van der Waals surface area contributed by atoms with Gasteiger partial charge in [-0.2, -0.15) is 0 Å². The van der Waals surface area contributed by atoms with Crippen LogP contribution in [0.25, 0.3) is 11.1 Å². The van der Waals surface area contributed by atoms with Gasteiger partial charge in [0.1, 0.15) is 0 Å². The van der Waals surface area contributed by atoms with E-state index in [1.54, 1.807) is 5.57 Å². The van der Waals surface area contributed by atoms with Crippen molar-refractivity contribution in [3.05, 3.63) is 32.8 Å². The van der Waals surface area contributed by atoms with Crippen LogP contribution in [0.5, 0.6) is 0 Å². The highest BCUT2D eigenvalue weighted by atomic mass is 32.1. The van der Waals surface area contributed by atoms with Crippen LogP contribution in [0.1, 0.15) is 39.0 Å². The quantitative estimate of drug-likeness (QED) is 0.545. The summed E-state index contributed by atoms with van der Waals surface area (Å²) in [7, 11) is 0. The maximum Gasteiger partial charge on any atom is 0.346 e. The minimum absolute atomic E-state index is 0.440. The molecule has 0 amide bonds. The average molecular weight is 393 g/mol. The molecule has 2 heterocycles. The number of thiophene rings is 1. The summed E-state index contributed by atoms with van der Waals surface area (Å²) in [5, 5.41) is 3.33. The van der Waals surface area contributed by atoms with Crippen molar-refractivity contribution in [2.24, 2.45) is 47.3 Å². The van der Waals surface area contributed by atoms with Crippen LogP contribution in [0.4, 0.5) is 0 Å². The average Bonchev–Trinajstić information content (AvgIpc) is 3.30. The SMILES string of the molecule is CC(C1=CC(=O)OC1=O)=c1ccsc1=C1C2C[C@H]3C4CC5CC3[C@@H](C2)[C@H](C5)C14. The van der Waals surface area contributed by atoms with Crippen LogP contribution in [0.15, 0.2) is 23.1 Å². The number of esters is 2. The Balaban J connectivity index is 1.46. The van der Waals surface area contributed by atoms with Gasteiger partial charge in [0.25, 0.3) is 0 Å². The molecule has 0 spiro atoms. The number of rotatable bonds is 1. The molecule has 7 aliphatic carbocycles. The van der Waals surface area contributed by atoms with Crippen molar-refractivity contribution in [1.29, 1.82) is 0 Å². The van der Waals surface area contributed by atoms with Crippen molar-refractivity contribution in [3.63, 3.8) is 0 Å². The van der Waals surface area contributed by atoms with Crippen LogP contribution < -0.4 is 9.75 Å². The highest BCUT2D eigenvalue weighted by molar-refractivity contribution is 7.07. The van der Waals surface area contributed by atoms with E-state index in [0.717, 1.165) is 58.1 Å². The van der Waals surface area contributed by atoms with Gasteiger partial charge in [0, 0.05) is 10.6 Å². The molecule has 144 valence electrons. The van der Waals surface area contributed by atoms with Gasteiger partial charge in [-0.1, -0.05) is 0 Å². The number of ether oxygens (including phenoxy) is 1. The molecule has 9 rings (SSSR count). The summed E-state index contributed by atoms with van der Waals surface area (Å²) in [5.74, 6) is 6.35. The van der Waals surface area contributed by atoms with Crippen molar-refractivity contribution in [3.8, 4) is 0 Å². The first-order valence-corrected chi connectivity index (χ1v) is 11.7. The fourth-order valence-corrected chi connectivity index (χ4v) is 9.73. The van der Waals surface area contributed by atoms with E-state index < -0.39 is 11.9 Å². The van der Waals surface area contributed by atoms with E-state index in [4.69, 9.17) is 4.74 Å². The Hall–Kier alpha value is -1.68. The normalized spacial score (nSPS) is 47.7. The lowest BCUT2D eigenvalue weighted by atomic mass is 9.35. The second kappa shape index (κ2) is 5.27. The Kier molecular flexibility index (Phi) is 3.04. The molecule has 5 unspecified atom stereocenters. The zero-order valence-electron chi connectivity index (χ0n) is 16.0. The van der Waals surface area contributed by atoms with Gasteiger partial charge in [0.15, 0.2) is 0 Å². The van der Waals surface area contributed by atoms with Crippen LogP contribution >= 0.6 is 11.3 Å². The largest absolute Gasteiger partial charge is 0.386 e. The Morgan fingerprint density at radius 1 is 1.00 bits per heavy atom. The van der Waals surface area contributed by atoms with Crippen molar-refractivity contribution in [1.82, 2.24) is 0 Å². The maximum absolute atomic E-state index is 12.1. The topological polar surface area (TPSA) is 43.4 Å². The first-order valence-electron chi connectivity index (χ1n) is 10.9. The highest BCUT2D eigenvalue weighted by Crippen LogP contribution is 2.72. The first-order chi connectivity index (χ1) is 13.6. The monoisotopic (exact) mass is 392 g/mol. The molecule has 1 aromatic rings. The molecule has 0 saturated heterocycles. The Labute approximate surface area is 168 Å². The van der Waals surface area contributed by atoms with Crippen molar-refractivity contribution in [2.75, 3.05) is 0 Å². The van der Waals surface area contributed by atoms with Crippen LogP contribution in [0.2, 0.25) is 0 Å². The van der Waals surface area contributed by atoms with Crippen LogP contribution in [-0.2, 0) is 14.3 Å². The standard InChI is InChI=1S/C24H24O3S/c1-10(14-9-20(25)27-24(14)26)13-2-3-28-23(13)21-12-7-16-15-4-11-5-18(16)22(21)19(6-11)17(15)8-12/h2-3,9,11-12,15-19,22H,4-8H2,1H3/t11?,12?,15?,16-,17-,18+,19?,22?/m1/s1. The van der Waals surface area contributed by atoms with Gasteiger partial charge in [-0.25, -0.2) is 9.59 Å². The third-order valence-corrected chi connectivity index (χ3v) is 10.2. The molecule has 3 nitrogen and oxygen atoms in total. The summed E-state index contributed by atoms with van der Waals surface area (Å²) >= 11 is 1.85.